The van der Waals surface area contributed by atoms with Gasteiger partial charge in [-0.3, -0.25) is 4.79 Å². The molecule has 0 bridgehead atoms. The van der Waals surface area contributed by atoms with Crippen molar-refractivity contribution in [3.05, 3.63) is 70.0 Å². The molecule has 0 saturated carbocycles. The minimum atomic E-state index is -0.418. The molecule has 1 aromatic heterocycles. The lowest BCUT2D eigenvalue weighted by Gasteiger charge is -2.33. The van der Waals surface area contributed by atoms with E-state index in [1.54, 1.807) is 6.07 Å². The number of aryl methyl sites for hydroxylation is 3. The van der Waals surface area contributed by atoms with Crippen LogP contribution < -0.4 is 10.7 Å². The number of anilines is 1. The van der Waals surface area contributed by atoms with Crippen LogP contribution in [-0.2, 0) is 17.6 Å². The van der Waals surface area contributed by atoms with Crippen molar-refractivity contribution in [2.24, 2.45) is 0 Å². The molecular formula is C23H26ClN5OS. The summed E-state index contributed by atoms with van der Waals surface area (Å²) in [5.41, 5.74) is 7.47. The second-order valence-electron chi connectivity index (χ2n) is 7.68. The van der Waals surface area contributed by atoms with Gasteiger partial charge in [0, 0.05) is 17.1 Å². The Hall–Kier alpha value is -2.51. The van der Waals surface area contributed by atoms with Gasteiger partial charge in [-0.2, -0.15) is 0 Å². The lowest BCUT2D eigenvalue weighted by Crippen LogP contribution is -2.41. The van der Waals surface area contributed by atoms with Gasteiger partial charge in [0.2, 0.25) is 11.1 Å². The van der Waals surface area contributed by atoms with Crippen LogP contribution in [0.5, 0.6) is 0 Å². The molecule has 4 rings (SSSR count). The molecule has 8 heteroatoms. The predicted octanol–water partition coefficient (Wildman–Crippen LogP) is 5.15. The van der Waals surface area contributed by atoms with Gasteiger partial charge < -0.3 is 10.7 Å². The minimum Gasteiger partial charge on any atom is -0.325 e. The third-order valence-corrected chi connectivity index (χ3v) is 7.04. The highest BCUT2D eigenvalue weighted by Crippen LogP contribution is 2.38. The first-order valence-electron chi connectivity index (χ1n) is 10.5. The third-order valence-electron chi connectivity index (χ3n) is 5.42. The van der Waals surface area contributed by atoms with Gasteiger partial charge in [0.05, 0.1) is 6.04 Å². The van der Waals surface area contributed by atoms with Crippen molar-refractivity contribution >= 4 is 35.0 Å². The molecule has 1 aliphatic heterocycles. The second kappa shape index (κ2) is 9.32. The zero-order valence-electron chi connectivity index (χ0n) is 17.9. The van der Waals surface area contributed by atoms with Gasteiger partial charge in [-0.1, -0.05) is 67.5 Å². The Balaban J connectivity index is 1.65. The van der Waals surface area contributed by atoms with E-state index in [-0.39, 0.29) is 11.9 Å². The summed E-state index contributed by atoms with van der Waals surface area (Å²) < 4.78 is 1.93. The van der Waals surface area contributed by atoms with Crippen LogP contribution in [-0.4, -0.2) is 26.0 Å². The molecular weight excluding hydrogens is 430 g/mol. The largest absolute Gasteiger partial charge is 0.325 e. The molecule has 0 fully saturated rings. The van der Waals surface area contributed by atoms with Gasteiger partial charge in [0.25, 0.3) is 0 Å². The zero-order valence-corrected chi connectivity index (χ0v) is 19.4. The van der Waals surface area contributed by atoms with E-state index < -0.39 is 5.25 Å². The van der Waals surface area contributed by atoms with Crippen LogP contribution in [0.2, 0.25) is 5.02 Å². The number of benzene rings is 2. The van der Waals surface area contributed by atoms with Crippen molar-refractivity contribution in [2.75, 3.05) is 10.7 Å². The molecule has 0 saturated heterocycles. The summed E-state index contributed by atoms with van der Waals surface area (Å²) >= 11 is 7.68. The molecule has 2 atom stereocenters. The zero-order chi connectivity index (χ0) is 22.0. The van der Waals surface area contributed by atoms with Crippen LogP contribution in [0.1, 0.15) is 48.8 Å². The van der Waals surface area contributed by atoms with Gasteiger partial charge in [-0.05, 0) is 48.6 Å². The van der Waals surface area contributed by atoms with Crippen LogP contribution >= 0.6 is 23.4 Å². The second-order valence-corrected chi connectivity index (χ2v) is 9.19. The van der Waals surface area contributed by atoms with E-state index >= 15 is 0 Å². The number of hydrogen-bond donors (Lipinski definition) is 2. The number of hydrogen-bond acceptors (Lipinski definition) is 5. The Morgan fingerprint density at radius 3 is 2.65 bits per heavy atom. The van der Waals surface area contributed by atoms with Crippen molar-refractivity contribution in [3.8, 4) is 0 Å². The molecule has 6 nitrogen and oxygen atoms in total. The van der Waals surface area contributed by atoms with Crippen LogP contribution in [0, 0.1) is 6.92 Å². The summed E-state index contributed by atoms with van der Waals surface area (Å²) in [4.78, 5) is 13.3. The van der Waals surface area contributed by atoms with Gasteiger partial charge >= 0.3 is 0 Å². The Morgan fingerprint density at radius 2 is 1.97 bits per heavy atom. The molecule has 2 aromatic carbocycles. The highest BCUT2D eigenvalue weighted by Gasteiger charge is 2.37. The fraction of sp³-hybridized carbons (Fsp3) is 0.348. The molecule has 162 valence electrons. The van der Waals surface area contributed by atoms with Crippen LogP contribution in [0.15, 0.2) is 47.6 Å². The van der Waals surface area contributed by atoms with Crippen molar-refractivity contribution in [2.45, 2.75) is 56.5 Å². The maximum absolute atomic E-state index is 13.3. The number of halogens is 1. The van der Waals surface area contributed by atoms with Crippen molar-refractivity contribution < 1.29 is 4.79 Å². The monoisotopic (exact) mass is 455 g/mol. The minimum absolute atomic E-state index is 0.103. The Labute approximate surface area is 191 Å². The smallest absolute Gasteiger partial charge is 0.240 e. The van der Waals surface area contributed by atoms with Gasteiger partial charge in [0.15, 0.2) is 5.82 Å². The van der Waals surface area contributed by atoms with Gasteiger partial charge in [0.1, 0.15) is 5.25 Å². The lowest BCUT2D eigenvalue weighted by atomic mass is 10.0. The highest BCUT2D eigenvalue weighted by atomic mass is 35.5. The van der Waals surface area contributed by atoms with Crippen molar-refractivity contribution in [3.63, 3.8) is 0 Å². The number of thioether (sulfide) groups is 1. The quantitative estimate of drug-likeness (QED) is 0.537. The molecule has 1 amide bonds. The normalized spacial score (nSPS) is 17.7. The molecule has 3 aromatic rings. The molecule has 0 radical (unpaired) electrons. The number of fused-ring (bicyclic) bond motifs is 1. The van der Waals surface area contributed by atoms with Crippen molar-refractivity contribution in [1.29, 1.82) is 0 Å². The Bertz CT molecular complexity index is 1080. The average Bonchev–Trinajstić information content (AvgIpc) is 3.17. The third kappa shape index (κ3) is 4.57. The molecule has 2 N–H and O–H groups in total. The van der Waals surface area contributed by atoms with E-state index in [1.165, 1.54) is 17.3 Å². The molecule has 31 heavy (non-hydrogen) atoms. The van der Waals surface area contributed by atoms with E-state index in [0.29, 0.717) is 15.9 Å². The first kappa shape index (κ1) is 21.7. The number of carbonyl (C=O) groups is 1. The molecule has 1 aliphatic rings. The number of amides is 1. The molecule has 2 unspecified atom stereocenters. The summed E-state index contributed by atoms with van der Waals surface area (Å²) in [7, 11) is 0. The fourth-order valence-electron chi connectivity index (χ4n) is 3.58. The summed E-state index contributed by atoms with van der Waals surface area (Å²) in [6.07, 6.45) is 2.76. The summed E-state index contributed by atoms with van der Waals surface area (Å²) in [6.45, 7) is 6.18. The average molecular weight is 456 g/mol. The highest BCUT2D eigenvalue weighted by molar-refractivity contribution is 8.00. The van der Waals surface area contributed by atoms with Crippen LogP contribution in [0.25, 0.3) is 0 Å². The van der Waals surface area contributed by atoms with Crippen molar-refractivity contribution in [1.82, 2.24) is 14.9 Å². The first-order valence-corrected chi connectivity index (χ1v) is 11.8. The van der Waals surface area contributed by atoms with Crippen LogP contribution in [0.4, 0.5) is 5.69 Å². The predicted molar refractivity (Wildman–Crippen MR) is 126 cm³/mol. The van der Waals surface area contributed by atoms with E-state index in [0.717, 1.165) is 36.2 Å². The molecule has 2 heterocycles. The maximum atomic E-state index is 13.3. The first-order chi connectivity index (χ1) is 15.0. The fourth-order valence-corrected chi connectivity index (χ4v) is 4.86. The number of nitrogens with zero attached hydrogens (tertiary/aromatic N) is 3. The maximum Gasteiger partial charge on any atom is 0.240 e. The molecule has 0 spiro atoms. The number of carbonyl (C=O) groups excluding carboxylic acids is 1. The van der Waals surface area contributed by atoms with E-state index in [2.05, 4.69) is 59.1 Å². The number of rotatable bonds is 6. The van der Waals surface area contributed by atoms with Gasteiger partial charge in [-0.25, -0.2) is 4.68 Å². The summed E-state index contributed by atoms with van der Waals surface area (Å²) in [5, 5.41) is 12.6. The summed E-state index contributed by atoms with van der Waals surface area (Å²) in [5.74, 6) is 0.776. The Morgan fingerprint density at radius 1 is 1.19 bits per heavy atom. The number of aromatic nitrogens is 3. The summed E-state index contributed by atoms with van der Waals surface area (Å²) in [6, 6.07) is 13.7. The molecule has 0 aliphatic carbocycles. The van der Waals surface area contributed by atoms with E-state index in [1.807, 2.05) is 23.7 Å². The number of nitrogens with one attached hydrogen (secondary N) is 2. The SMILES string of the molecule is CCCc1nnc2n1NC(c1ccc(CC)cc1)C(C(=O)Nc1ccc(C)c(Cl)c1)S2. The topological polar surface area (TPSA) is 71.8 Å². The standard InChI is InChI=1S/C23H26ClN5OS/c1-4-6-19-26-27-23-29(19)28-20(16-10-8-15(5-2)9-11-16)21(31-23)22(30)25-17-12-7-14(3)18(24)13-17/h7-13,20-21,28H,4-6H2,1-3H3,(H,25,30). The van der Waals surface area contributed by atoms with E-state index in [9.17, 15) is 4.79 Å². The van der Waals surface area contributed by atoms with E-state index in [4.69, 9.17) is 11.6 Å². The van der Waals surface area contributed by atoms with Gasteiger partial charge in [-0.15, -0.1) is 10.2 Å². The lowest BCUT2D eigenvalue weighted by molar-refractivity contribution is -0.116. The Kier molecular flexibility index (Phi) is 6.53. The van der Waals surface area contributed by atoms with Crippen LogP contribution in [0.3, 0.4) is 0 Å².